The molecule has 4 nitrogen and oxygen atoms in total. The molecule has 23 heavy (non-hydrogen) atoms. The first-order valence-corrected chi connectivity index (χ1v) is 9.25. The molecule has 2 N–H and O–H groups in total. The van der Waals surface area contributed by atoms with Crippen molar-refractivity contribution in [2.45, 2.75) is 52.2 Å². The van der Waals surface area contributed by atoms with Crippen LogP contribution < -0.4 is 10.6 Å². The van der Waals surface area contributed by atoms with Gasteiger partial charge in [0.1, 0.15) is 0 Å². The maximum absolute atomic E-state index is 4.37. The van der Waals surface area contributed by atoms with E-state index < -0.39 is 0 Å². The van der Waals surface area contributed by atoms with Crippen LogP contribution in [0.25, 0.3) is 0 Å². The molecule has 0 radical (unpaired) electrons. The van der Waals surface area contributed by atoms with Crippen molar-refractivity contribution in [3.63, 3.8) is 0 Å². The Morgan fingerprint density at radius 1 is 1.35 bits per heavy atom. The lowest BCUT2D eigenvalue weighted by Crippen LogP contribution is -2.49. The van der Waals surface area contributed by atoms with Crippen LogP contribution in [0.4, 0.5) is 0 Å². The van der Waals surface area contributed by atoms with Crippen LogP contribution >= 0.6 is 15.9 Å². The second-order valence-electron chi connectivity index (χ2n) is 6.54. The van der Waals surface area contributed by atoms with Crippen LogP contribution in [0.15, 0.2) is 27.7 Å². The minimum Gasteiger partial charge on any atom is -0.354 e. The topological polar surface area (TPSA) is 39.7 Å². The normalized spacial score (nSPS) is 17.6. The van der Waals surface area contributed by atoms with Crippen LogP contribution in [0.3, 0.4) is 0 Å². The van der Waals surface area contributed by atoms with Crippen molar-refractivity contribution in [2.24, 2.45) is 4.99 Å². The van der Waals surface area contributed by atoms with E-state index in [2.05, 4.69) is 75.4 Å². The van der Waals surface area contributed by atoms with Crippen molar-refractivity contribution in [2.75, 3.05) is 20.1 Å². The largest absolute Gasteiger partial charge is 0.354 e. The van der Waals surface area contributed by atoms with E-state index in [9.17, 15) is 0 Å². The van der Waals surface area contributed by atoms with Gasteiger partial charge in [-0.15, -0.1) is 0 Å². The number of aliphatic imine (C=N–C) groups is 1. The third kappa shape index (κ3) is 5.50. The molecule has 1 fully saturated rings. The summed E-state index contributed by atoms with van der Waals surface area (Å²) in [6, 6.07) is 7.55. The molecule has 0 atom stereocenters. The van der Waals surface area contributed by atoms with Crippen molar-refractivity contribution in [3.8, 4) is 0 Å². The second kappa shape index (κ2) is 8.69. The van der Waals surface area contributed by atoms with Crippen molar-refractivity contribution < 1.29 is 0 Å². The second-order valence-corrected chi connectivity index (χ2v) is 7.46. The molecule has 1 aliphatic rings. The lowest BCUT2D eigenvalue weighted by Gasteiger charge is -2.35. The highest BCUT2D eigenvalue weighted by atomic mass is 79.9. The number of aryl methyl sites for hydroxylation is 1. The van der Waals surface area contributed by atoms with Crippen molar-refractivity contribution >= 4 is 21.9 Å². The van der Waals surface area contributed by atoms with E-state index in [1.165, 1.54) is 24.0 Å². The molecule has 5 heteroatoms. The van der Waals surface area contributed by atoms with Crippen molar-refractivity contribution in [3.05, 3.63) is 33.8 Å². The number of guanidine groups is 1. The molecule has 1 aromatic rings. The molecule has 1 aliphatic heterocycles. The fourth-order valence-electron chi connectivity index (χ4n) is 2.98. The third-order valence-corrected chi connectivity index (χ3v) is 5.07. The number of hydrogen-bond acceptors (Lipinski definition) is 2. The summed E-state index contributed by atoms with van der Waals surface area (Å²) in [6.45, 7) is 9.81. The summed E-state index contributed by atoms with van der Waals surface area (Å²) < 4.78 is 1.12. The Bertz CT molecular complexity index is 534. The fourth-order valence-corrected chi connectivity index (χ4v) is 3.46. The summed E-state index contributed by atoms with van der Waals surface area (Å²) in [5.74, 6) is 0.898. The van der Waals surface area contributed by atoms with E-state index in [0.717, 1.165) is 30.1 Å². The van der Waals surface area contributed by atoms with Gasteiger partial charge in [-0.1, -0.05) is 22.0 Å². The monoisotopic (exact) mass is 380 g/mol. The Morgan fingerprint density at radius 2 is 2.04 bits per heavy atom. The summed E-state index contributed by atoms with van der Waals surface area (Å²) in [4.78, 5) is 6.91. The molecule has 1 saturated heterocycles. The number of piperidine rings is 1. The molecule has 0 bridgehead atoms. The number of nitrogens with zero attached hydrogens (tertiary/aromatic N) is 2. The Morgan fingerprint density at radius 3 is 2.61 bits per heavy atom. The predicted octanol–water partition coefficient (Wildman–Crippen LogP) is 3.30. The van der Waals surface area contributed by atoms with Crippen LogP contribution in [0.2, 0.25) is 0 Å². The van der Waals surface area contributed by atoms with Crippen molar-refractivity contribution in [1.29, 1.82) is 0 Å². The zero-order valence-corrected chi connectivity index (χ0v) is 16.3. The van der Waals surface area contributed by atoms with E-state index in [1.54, 1.807) is 0 Å². The molecule has 2 rings (SSSR count). The first-order valence-electron chi connectivity index (χ1n) is 8.46. The highest BCUT2D eigenvalue weighted by Crippen LogP contribution is 2.16. The van der Waals surface area contributed by atoms with E-state index in [-0.39, 0.29) is 0 Å². The first-order chi connectivity index (χ1) is 11.0. The summed E-state index contributed by atoms with van der Waals surface area (Å²) in [6.07, 6.45) is 2.35. The number of likely N-dealkylation sites (tertiary alicyclic amines) is 1. The standard InChI is InChI=1S/C18H29BrN4/c1-13(2)23-9-7-17(8-10-23)22-18(20-4)21-12-15-5-6-16(19)11-14(15)3/h5-6,11,13,17H,7-10,12H2,1-4H3,(H2,20,21,22). The van der Waals surface area contributed by atoms with Crippen LogP contribution in [0, 0.1) is 6.92 Å². The summed E-state index contributed by atoms with van der Waals surface area (Å²) in [7, 11) is 1.84. The van der Waals surface area contributed by atoms with Gasteiger partial charge in [0.25, 0.3) is 0 Å². The lowest BCUT2D eigenvalue weighted by atomic mass is 10.0. The minimum absolute atomic E-state index is 0.516. The van der Waals surface area contributed by atoms with Gasteiger partial charge in [0.2, 0.25) is 0 Å². The fraction of sp³-hybridized carbons (Fsp3) is 0.611. The molecule has 0 unspecified atom stereocenters. The highest BCUT2D eigenvalue weighted by Gasteiger charge is 2.21. The predicted molar refractivity (Wildman–Crippen MR) is 102 cm³/mol. The van der Waals surface area contributed by atoms with Crippen LogP contribution in [-0.2, 0) is 6.54 Å². The van der Waals surface area contributed by atoms with Gasteiger partial charge in [-0.3, -0.25) is 4.99 Å². The van der Waals surface area contributed by atoms with Crippen LogP contribution in [-0.4, -0.2) is 43.1 Å². The number of halogens is 1. The van der Waals surface area contributed by atoms with Crippen LogP contribution in [0.1, 0.15) is 37.8 Å². The molecular formula is C18H29BrN4. The van der Waals surface area contributed by atoms with E-state index in [0.29, 0.717) is 12.1 Å². The maximum Gasteiger partial charge on any atom is 0.191 e. The van der Waals surface area contributed by atoms with E-state index in [1.807, 2.05) is 7.05 Å². The summed E-state index contributed by atoms with van der Waals surface area (Å²) >= 11 is 3.51. The number of hydrogen-bond donors (Lipinski definition) is 2. The summed E-state index contributed by atoms with van der Waals surface area (Å²) in [5, 5.41) is 7.01. The molecule has 1 aromatic carbocycles. The molecule has 0 saturated carbocycles. The zero-order valence-electron chi connectivity index (χ0n) is 14.7. The van der Waals surface area contributed by atoms with Gasteiger partial charge < -0.3 is 15.5 Å². The van der Waals surface area contributed by atoms with E-state index >= 15 is 0 Å². The molecule has 0 aromatic heterocycles. The van der Waals surface area contributed by atoms with Crippen molar-refractivity contribution in [1.82, 2.24) is 15.5 Å². The van der Waals surface area contributed by atoms with Gasteiger partial charge in [0.15, 0.2) is 5.96 Å². The third-order valence-electron chi connectivity index (χ3n) is 4.58. The number of rotatable bonds is 4. The average Bonchev–Trinajstić information content (AvgIpc) is 2.53. The molecule has 0 spiro atoms. The van der Waals surface area contributed by atoms with E-state index in [4.69, 9.17) is 0 Å². The summed E-state index contributed by atoms with van der Waals surface area (Å²) in [5.41, 5.74) is 2.58. The Labute approximate surface area is 148 Å². The average molecular weight is 381 g/mol. The van der Waals surface area contributed by atoms with Gasteiger partial charge in [-0.25, -0.2) is 0 Å². The zero-order chi connectivity index (χ0) is 16.8. The van der Waals surface area contributed by atoms with Gasteiger partial charge in [0, 0.05) is 43.2 Å². The molecule has 1 heterocycles. The van der Waals surface area contributed by atoms with Gasteiger partial charge in [-0.05, 0) is 56.9 Å². The van der Waals surface area contributed by atoms with Gasteiger partial charge in [-0.2, -0.15) is 0 Å². The molecule has 128 valence electrons. The molecule has 0 aliphatic carbocycles. The Hall–Kier alpha value is -1.07. The number of nitrogens with one attached hydrogen (secondary N) is 2. The highest BCUT2D eigenvalue weighted by molar-refractivity contribution is 9.10. The quantitative estimate of drug-likeness (QED) is 0.621. The number of benzene rings is 1. The Kier molecular flexibility index (Phi) is 6.90. The van der Waals surface area contributed by atoms with Crippen LogP contribution in [0.5, 0.6) is 0 Å². The SMILES string of the molecule is CN=C(NCc1ccc(Br)cc1C)NC1CCN(C(C)C)CC1. The maximum atomic E-state index is 4.37. The minimum atomic E-state index is 0.516. The Balaban J connectivity index is 1.82. The molecular weight excluding hydrogens is 352 g/mol. The lowest BCUT2D eigenvalue weighted by molar-refractivity contribution is 0.167. The van der Waals surface area contributed by atoms with Gasteiger partial charge in [0.05, 0.1) is 0 Å². The molecule has 0 amide bonds. The first kappa shape index (κ1) is 18.3. The van der Waals surface area contributed by atoms with Gasteiger partial charge >= 0.3 is 0 Å². The smallest absolute Gasteiger partial charge is 0.191 e.